The maximum atomic E-state index is 15.5. The Morgan fingerprint density at radius 2 is 0.944 bits per heavy atom. The first-order chi connectivity index (χ1) is 26.7. The second-order valence-corrected chi connectivity index (χ2v) is 16.7. The molecule has 3 heteroatoms. The van der Waals surface area contributed by atoms with Gasteiger partial charge in [-0.1, -0.05) is 194 Å². The highest BCUT2D eigenvalue weighted by Gasteiger charge is 2.45. The summed E-state index contributed by atoms with van der Waals surface area (Å²) in [5.41, 5.74) is 10.2. The summed E-state index contributed by atoms with van der Waals surface area (Å²) in [5, 5.41) is 3.52. The van der Waals surface area contributed by atoms with Crippen molar-refractivity contribution >= 4 is 34.0 Å². The van der Waals surface area contributed by atoms with Crippen LogP contribution in [0.25, 0.3) is 44.5 Å². The van der Waals surface area contributed by atoms with E-state index in [1.54, 1.807) is 0 Å². The molecule has 0 atom stereocenters. The molecule has 1 aliphatic rings. The lowest BCUT2D eigenvalue weighted by atomic mass is 9.63. The minimum Gasteiger partial charge on any atom is -0.455 e. The number of hydrogen-bond acceptors (Lipinski definition) is 2. The lowest BCUT2D eigenvalue weighted by Crippen LogP contribution is -2.31. The fourth-order valence-electron chi connectivity index (χ4n) is 8.68. The number of para-hydroxylation sites is 1. The van der Waals surface area contributed by atoms with Gasteiger partial charge in [0.2, 0.25) is 0 Å². The largest absolute Gasteiger partial charge is 0.455 e. The van der Waals surface area contributed by atoms with Gasteiger partial charge < -0.3 is 8.98 Å². The van der Waals surface area contributed by atoms with Gasteiger partial charge in [0, 0.05) is 32.4 Å². The van der Waals surface area contributed by atoms with Crippen LogP contribution in [-0.2, 0) is 9.98 Å². The highest BCUT2D eigenvalue weighted by molar-refractivity contribution is 7.85. The minimum atomic E-state index is -3.19. The van der Waals surface area contributed by atoms with Crippen LogP contribution in [0.4, 0.5) is 0 Å². The summed E-state index contributed by atoms with van der Waals surface area (Å²) in [6.07, 6.45) is 0. The zero-order chi connectivity index (χ0) is 36.1. The van der Waals surface area contributed by atoms with Crippen LogP contribution in [0.15, 0.2) is 217 Å². The lowest BCUT2D eigenvalue weighted by molar-refractivity contribution is 0.592. The molecule has 256 valence electrons. The van der Waals surface area contributed by atoms with Crippen molar-refractivity contribution in [3.63, 3.8) is 0 Å². The van der Waals surface area contributed by atoms with Crippen molar-refractivity contribution in [1.29, 1.82) is 0 Å². The predicted octanol–water partition coefficient (Wildman–Crippen LogP) is 11.8. The summed E-state index contributed by atoms with van der Waals surface area (Å²) in [6.45, 7) is 0. The Labute approximate surface area is 315 Å². The van der Waals surface area contributed by atoms with Crippen molar-refractivity contribution in [3.8, 4) is 33.6 Å². The topological polar surface area (TPSA) is 30.2 Å². The Hall–Kier alpha value is -6.47. The summed E-state index contributed by atoms with van der Waals surface area (Å²) in [7, 11) is -3.19. The number of hydrogen-bond donors (Lipinski definition) is 0. The third-order valence-corrected chi connectivity index (χ3v) is 14.1. The van der Waals surface area contributed by atoms with Crippen LogP contribution in [-0.4, -0.2) is 0 Å². The molecule has 0 saturated carbocycles. The molecule has 0 spiro atoms. The Bertz CT molecular complexity index is 2760. The molecule has 0 unspecified atom stereocenters. The molecule has 0 fully saturated rings. The fraction of sp³-hybridized carbons (Fsp3) is 0.0196. The SMILES string of the molecule is O=P(c1ccccc1)(c1ccccc1)c1cccc(-c2ccc3c(c2)C(c2ccccc2)(c2ccccc2)c2ccccc2-c2oc4ccccc4c2-3)c1. The molecule has 0 aliphatic heterocycles. The van der Waals surface area contributed by atoms with Crippen molar-refractivity contribution in [3.05, 3.63) is 235 Å². The van der Waals surface area contributed by atoms with E-state index in [1.807, 2.05) is 78.9 Å². The van der Waals surface area contributed by atoms with Gasteiger partial charge in [-0.15, -0.1) is 0 Å². The molecule has 1 heterocycles. The molecule has 0 saturated heterocycles. The van der Waals surface area contributed by atoms with Gasteiger partial charge in [-0.3, -0.25) is 0 Å². The van der Waals surface area contributed by atoms with Crippen molar-refractivity contribution < 1.29 is 8.98 Å². The monoisotopic (exact) mass is 710 g/mol. The molecule has 54 heavy (non-hydrogen) atoms. The van der Waals surface area contributed by atoms with Gasteiger partial charge in [0.1, 0.15) is 11.3 Å². The Morgan fingerprint density at radius 3 is 1.61 bits per heavy atom. The van der Waals surface area contributed by atoms with E-state index < -0.39 is 12.6 Å². The maximum absolute atomic E-state index is 15.5. The van der Waals surface area contributed by atoms with Gasteiger partial charge in [-0.05, 0) is 57.1 Å². The third kappa shape index (κ3) is 4.84. The molecular formula is C51H35O2P. The van der Waals surface area contributed by atoms with Gasteiger partial charge in [-0.2, -0.15) is 0 Å². The smallest absolute Gasteiger partial charge is 0.171 e. The van der Waals surface area contributed by atoms with Crippen LogP contribution in [0.1, 0.15) is 22.3 Å². The average molecular weight is 711 g/mol. The van der Waals surface area contributed by atoms with Crippen LogP contribution < -0.4 is 15.9 Å². The fourth-order valence-corrected chi connectivity index (χ4v) is 11.4. The van der Waals surface area contributed by atoms with E-state index in [0.29, 0.717) is 0 Å². The minimum absolute atomic E-state index is 0.700. The zero-order valence-corrected chi connectivity index (χ0v) is 30.4. The standard InChI is InChI=1S/C51H35O2P/c52-54(40-23-9-3-10-24-40,41-25-11-4-12-26-41)42-27-17-18-36(34-42)37-32-33-43-47(35-37)51(38-19-5-1-6-20-38,39-21-7-2-8-22-39)46-30-15-13-28-44(46)50-49(43)45-29-14-16-31-48(45)53-50/h1-35H. The lowest BCUT2D eigenvalue weighted by Gasteiger charge is -2.38. The van der Waals surface area contributed by atoms with Gasteiger partial charge in [-0.25, -0.2) is 0 Å². The second-order valence-electron chi connectivity index (χ2n) is 13.9. The molecule has 10 rings (SSSR count). The van der Waals surface area contributed by atoms with E-state index in [9.17, 15) is 0 Å². The Morgan fingerprint density at radius 1 is 0.407 bits per heavy atom. The number of fused-ring (bicyclic) bond motifs is 7. The van der Waals surface area contributed by atoms with Gasteiger partial charge in [0.25, 0.3) is 0 Å². The highest BCUT2D eigenvalue weighted by Crippen LogP contribution is 2.57. The first-order valence-electron chi connectivity index (χ1n) is 18.4. The second kappa shape index (κ2) is 12.9. The summed E-state index contributed by atoms with van der Waals surface area (Å²) in [5.74, 6) is 0.878. The van der Waals surface area contributed by atoms with Gasteiger partial charge in [0.15, 0.2) is 7.14 Å². The van der Waals surface area contributed by atoms with Crippen LogP contribution in [0.5, 0.6) is 0 Å². The molecule has 0 amide bonds. The van der Waals surface area contributed by atoms with Crippen molar-refractivity contribution in [1.82, 2.24) is 0 Å². The van der Waals surface area contributed by atoms with E-state index in [0.717, 1.165) is 71.6 Å². The summed E-state index contributed by atoms with van der Waals surface area (Å²) in [4.78, 5) is 0. The van der Waals surface area contributed by atoms with E-state index in [2.05, 4.69) is 133 Å². The molecule has 9 aromatic rings. The Kier molecular flexibility index (Phi) is 7.68. The maximum Gasteiger partial charge on any atom is 0.171 e. The van der Waals surface area contributed by atoms with Crippen LogP contribution in [0.3, 0.4) is 0 Å². The van der Waals surface area contributed by atoms with Crippen LogP contribution in [0, 0.1) is 0 Å². The highest BCUT2D eigenvalue weighted by atomic mass is 31.2. The van der Waals surface area contributed by atoms with Gasteiger partial charge >= 0.3 is 0 Å². The normalized spacial score (nSPS) is 13.0. The molecule has 0 bridgehead atoms. The molecule has 1 aromatic heterocycles. The quantitative estimate of drug-likeness (QED) is 0.161. The van der Waals surface area contributed by atoms with E-state index in [-0.39, 0.29) is 0 Å². The molecule has 1 aliphatic carbocycles. The van der Waals surface area contributed by atoms with Gasteiger partial charge in [0.05, 0.1) is 5.41 Å². The van der Waals surface area contributed by atoms with Crippen molar-refractivity contribution in [2.24, 2.45) is 0 Å². The number of rotatable bonds is 6. The van der Waals surface area contributed by atoms with E-state index >= 15 is 4.57 Å². The number of benzene rings is 8. The molecule has 2 nitrogen and oxygen atoms in total. The Balaban J connectivity index is 1.30. The first-order valence-corrected chi connectivity index (χ1v) is 20.1. The zero-order valence-electron chi connectivity index (χ0n) is 29.5. The summed E-state index contributed by atoms with van der Waals surface area (Å²) < 4.78 is 22.4. The first kappa shape index (κ1) is 32.2. The predicted molar refractivity (Wildman–Crippen MR) is 224 cm³/mol. The third-order valence-electron chi connectivity index (χ3n) is 11.1. The summed E-state index contributed by atoms with van der Waals surface area (Å²) >= 11 is 0. The molecule has 0 N–H and O–H groups in total. The van der Waals surface area contributed by atoms with Crippen molar-refractivity contribution in [2.45, 2.75) is 5.41 Å². The van der Waals surface area contributed by atoms with E-state index in [1.165, 1.54) is 11.1 Å². The van der Waals surface area contributed by atoms with Crippen LogP contribution in [0.2, 0.25) is 0 Å². The molecular weight excluding hydrogens is 676 g/mol. The molecule has 8 aromatic carbocycles. The van der Waals surface area contributed by atoms with Crippen molar-refractivity contribution in [2.75, 3.05) is 0 Å². The molecule has 0 radical (unpaired) electrons. The average Bonchev–Trinajstić information content (AvgIpc) is 3.60. The van der Waals surface area contributed by atoms with Crippen LogP contribution >= 0.6 is 7.14 Å². The summed E-state index contributed by atoms with van der Waals surface area (Å²) in [6, 6.07) is 73.8. The van der Waals surface area contributed by atoms with E-state index in [4.69, 9.17) is 4.42 Å². The number of furan rings is 1.